The molecule has 4 aromatic rings. The van der Waals surface area contributed by atoms with Crippen LogP contribution in [0.4, 0.5) is 0 Å². The average Bonchev–Trinajstić information content (AvgIpc) is 3.63. The Bertz CT molecular complexity index is 1380. The predicted molar refractivity (Wildman–Crippen MR) is 155 cm³/mol. The molecular formula is C28H33N7O2S2. The van der Waals surface area contributed by atoms with E-state index in [0.29, 0.717) is 40.8 Å². The van der Waals surface area contributed by atoms with Crippen molar-refractivity contribution in [1.82, 2.24) is 34.9 Å². The highest BCUT2D eigenvalue weighted by atomic mass is 32.2. The minimum absolute atomic E-state index is 0.120. The van der Waals surface area contributed by atoms with E-state index in [4.69, 9.17) is 4.74 Å². The summed E-state index contributed by atoms with van der Waals surface area (Å²) in [6, 6.07) is 12.2. The second-order valence-corrected chi connectivity index (χ2v) is 11.3. The minimum Gasteiger partial charge on any atom is -0.495 e. The average molecular weight is 564 g/mol. The molecule has 1 amide bonds. The molecule has 1 unspecified atom stereocenters. The Balaban J connectivity index is 1.23. The highest BCUT2D eigenvalue weighted by Crippen LogP contribution is 2.33. The molecule has 0 radical (unpaired) electrons. The summed E-state index contributed by atoms with van der Waals surface area (Å²) in [4.78, 5) is 24.0. The molecular weight excluding hydrogens is 530 g/mol. The summed E-state index contributed by atoms with van der Waals surface area (Å²) >= 11 is 2.99. The summed E-state index contributed by atoms with van der Waals surface area (Å²) in [5.74, 6) is 1.83. The Morgan fingerprint density at radius 1 is 1.21 bits per heavy atom. The Kier molecular flexibility index (Phi) is 9.23. The van der Waals surface area contributed by atoms with E-state index < -0.39 is 0 Å². The number of para-hydroxylation sites is 2. The van der Waals surface area contributed by atoms with Gasteiger partial charge in [0.1, 0.15) is 16.5 Å². The van der Waals surface area contributed by atoms with E-state index in [9.17, 15) is 4.79 Å². The van der Waals surface area contributed by atoms with E-state index in [1.54, 1.807) is 19.5 Å². The molecule has 1 aromatic carbocycles. The highest BCUT2D eigenvalue weighted by Gasteiger charge is 2.20. The number of benzene rings is 1. The van der Waals surface area contributed by atoms with Crippen LogP contribution in [0.15, 0.2) is 59.3 Å². The maximum atomic E-state index is 12.7. The molecule has 11 heteroatoms. The van der Waals surface area contributed by atoms with Crippen LogP contribution in [-0.2, 0) is 5.75 Å². The van der Waals surface area contributed by atoms with Crippen molar-refractivity contribution < 1.29 is 9.53 Å². The van der Waals surface area contributed by atoms with Crippen molar-refractivity contribution in [3.63, 3.8) is 0 Å². The monoisotopic (exact) mass is 563 g/mol. The third-order valence-electron chi connectivity index (χ3n) is 6.84. The Morgan fingerprint density at radius 2 is 2.10 bits per heavy atom. The molecule has 4 heterocycles. The molecule has 1 saturated heterocycles. The first-order chi connectivity index (χ1) is 19.1. The molecule has 0 spiro atoms. The van der Waals surface area contributed by atoms with Gasteiger partial charge in [0.05, 0.1) is 18.6 Å². The number of aromatic nitrogens is 5. The second-order valence-electron chi connectivity index (χ2n) is 9.46. The van der Waals surface area contributed by atoms with Gasteiger partial charge < -0.3 is 15.0 Å². The van der Waals surface area contributed by atoms with E-state index in [0.717, 1.165) is 35.8 Å². The van der Waals surface area contributed by atoms with Crippen molar-refractivity contribution in [1.29, 1.82) is 0 Å². The van der Waals surface area contributed by atoms with Gasteiger partial charge >= 0.3 is 0 Å². The number of thioether (sulfide) groups is 1. The van der Waals surface area contributed by atoms with E-state index in [1.165, 1.54) is 42.4 Å². The third-order valence-corrected chi connectivity index (χ3v) is 8.81. The van der Waals surface area contributed by atoms with Crippen molar-refractivity contribution in [2.75, 3.05) is 26.7 Å². The zero-order chi connectivity index (χ0) is 27.0. The number of likely N-dealkylation sites (tertiary alicyclic amines) is 1. The number of carbonyl (C=O) groups excluding carboxylic acids is 1. The molecule has 39 heavy (non-hydrogen) atoms. The largest absolute Gasteiger partial charge is 0.495 e. The number of pyridine rings is 1. The maximum absolute atomic E-state index is 12.7. The molecule has 0 bridgehead atoms. The van der Waals surface area contributed by atoms with Gasteiger partial charge in [-0.25, -0.2) is 4.98 Å². The first-order valence-corrected chi connectivity index (χ1v) is 15.1. The summed E-state index contributed by atoms with van der Waals surface area (Å²) < 4.78 is 7.61. The number of piperidine rings is 1. The van der Waals surface area contributed by atoms with E-state index in [2.05, 4.69) is 37.3 Å². The SMILES string of the molecule is COc1ccccc1-n1c(SCc2nc(C(=O)NCCCN3CCCCC3C)cs2)nnc1-c1cccnc1. The molecule has 9 nitrogen and oxygen atoms in total. The van der Waals surface area contributed by atoms with E-state index in [1.807, 2.05) is 46.3 Å². The smallest absolute Gasteiger partial charge is 0.270 e. The Hall–Kier alpha value is -3.28. The molecule has 1 aliphatic heterocycles. The summed E-state index contributed by atoms with van der Waals surface area (Å²) in [6.45, 7) is 5.14. The van der Waals surface area contributed by atoms with Crippen molar-refractivity contribution in [2.24, 2.45) is 0 Å². The summed E-state index contributed by atoms with van der Waals surface area (Å²) in [5, 5.41) is 15.4. The number of hydrogen-bond donors (Lipinski definition) is 1. The lowest BCUT2D eigenvalue weighted by atomic mass is 10.0. The first kappa shape index (κ1) is 27.3. The number of carbonyl (C=O) groups is 1. The number of amides is 1. The molecule has 1 N–H and O–H groups in total. The molecule has 0 saturated carbocycles. The number of thiazole rings is 1. The normalized spacial score (nSPS) is 15.8. The van der Waals surface area contributed by atoms with Gasteiger partial charge in [0.15, 0.2) is 11.0 Å². The van der Waals surface area contributed by atoms with Gasteiger partial charge in [0.2, 0.25) is 0 Å². The van der Waals surface area contributed by atoms with Crippen molar-refractivity contribution in [3.8, 4) is 22.8 Å². The number of rotatable bonds is 11. The molecule has 5 rings (SSSR count). The van der Waals surface area contributed by atoms with Crippen LogP contribution < -0.4 is 10.1 Å². The molecule has 204 valence electrons. The number of methoxy groups -OCH3 is 1. The summed E-state index contributed by atoms with van der Waals surface area (Å²) in [7, 11) is 1.65. The maximum Gasteiger partial charge on any atom is 0.270 e. The van der Waals surface area contributed by atoms with Crippen LogP contribution in [0.1, 0.15) is 48.1 Å². The third kappa shape index (κ3) is 6.66. The van der Waals surface area contributed by atoms with E-state index in [-0.39, 0.29) is 5.91 Å². The zero-order valence-electron chi connectivity index (χ0n) is 22.2. The summed E-state index contributed by atoms with van der Waals surface area (Å²) in [5.41, 5.74) is 2.15. The topological polar surface area (TPSA) is 98.1 Å². The van der Waals surface area contributed by atoms with Gasteiger partial charge in [0, 0.05) is 42.5 Å². The zero-order valence-corrected chi connectivity index (χ0v) is 23.9. The second kappa shape index (κ2) is 13.2. The number of nitrogens with zero attached hydrogens (tertiary/aromatic N) is 6. The number of ether oxygens (including phenoxy) is 1. The van der Waals surface area contributed by atoms with Crippen LogP contribution in [0.5, 0.6) is 5.75 Å². The lowest BCUT2D eigenvalue weighted by Crippen LogP contribution is -2.39. The van der Waals surface area contributed by atoms with Crippen LogP contribution >= 0.6 is 23.1 Å². The highest BCUT2D eigenvalue weighted by molar-refractivity contribution is 7.98. The minimum atomic E-state index is -0.120. The molecule has 3 aromatic heterocycles. The summed E-state index contributed by atoms with van der Waals surface area (Å²) in [6.07, 6.45) is 8.31. The van der Waals surface area contributed by atoms with Crippen molar-refractivity contribution >= 4 is 29.0 Å². The lowest BCUT2D eigenvalue weighted by Gasteiger charge is -2.33. The van der Waals surface area contributed by atoms with Crippen molar-refractivity contribution in [3.05, 3.63) is 64.9 Å². The lowest BCUT2D eigenvalue weighted by molar-refractivity contribution is 0.0944. The quantitative estimate of drug-likeness (QED) is 0.199. The van der Waals surface area contributed by atoms with Gasteiger partial charge in [-0.05, 0) is 57.0 Å². The standard InChI is InChI=1S/C28H33N7O2S2/c1-20-9-5-6-15-34(20)16-8-14-30-27(36)22-18-38-25(31-22)19-39-28-33-32-26(21-10-7-13-29-17-21)35(28)23-11-3-4-12-24(23)37-2/h3-4,7,10-13,17-18,20H,5-6,8-9,14-16,19H2,1-2H3,(H,30,36). The van der Waals surface area contributed by atoms with Gasteiger partial charge in [-0.15, -0.1) is 21.5 Å². The fourth-order valence-electron chi connectivity index (χ4n) is 4.75. The first-order valence-electron chi connectivity index (χ1n) is 13.2. The molecule has 1 aliphatic rings. The van der Waals surface area contributed by atoms with Crippen LogP contribution in [0.3, 0.4) is 0 Å². The molecule has 0 aliphatic carbocycles. The molecule has 1 fully saturated rings. The van der Waals surface area contributed by atoms with Gasteiger partial charge in [-0.1, -0.05) is 30.3 Å². The van der Waals surface area contributed by atoms with Gasteiger partial charge in [-0.2, -0.15) is 0 Å². The van der Waals surface area contributed by atoms with Crippen LogP contribution in [0.25, 0.3) is 17.1 Å². The Labute approximate surface area is 237 Å². The van der Waals surface area contributed by atoms with Crippen molar-refractivity contribution in [2.45, 2.75) is 49.6 Å². The predicted octanol–water partition coefficient (Wildman–Crippen LogP) is 5.08. The fourth-order valence-corrected chi connectivity index (χ4v) is 6.49. The molecule has 1 atom stereocenters. The van der Waals surface area contributed by atoms with Crippen LogP contribution in [-0.4, -0.2) is 68.3 Å². The van der Waals surface area contributed by atoms with E-state index >= 15 is 0 Å². The Morgan fingerprint density at radius 3 is 2.92 bits per heavy atom. The number of hydrogen-bond acceptors (Lipinski definition) is 9. The van der Waals surface area contributed by atoms with Crippen LogP contribution in [0, 0.1) is 0 Å². The van der Waals surface area contributed by atoms with Gasteiger partial charge in [-0.3, -0.25) is 14.3 Å². The fraction of sp³-hybridized carbons (Fsp3) is 0.393. The van der Waals surface area contributed by atoms with Crippen LogP contribution in [0.2, 0.25) is 0 Å². The number of nitrogens with one attached hydrogen (secondary N) is 1. The van der Waals surface area contributed by atoms with Gasteiger partial charge in [0.25, 0.3) is 5.91 Å².